The lowest BCUT2D eigenvalue weighted by Crippen LogP contribution is -2.48. The van der Waals surface area contributed by atoms with Crippen LogP contribution in [0, 0.1) is 0 Å². The van der Waals surface area contributed by atoms with Crippen molar-refractivity contribution in [3.8, 4) is 0 Å². The van der Waals surface area contributed by atoms with E-state index in [2.05, 4.69) is 9.89 Å². The average molecular weight is 239 g/mol. The van der Waals surface area contributed by atoms with Crippen LogP contribution >= 0.6 is 0 Å². The van der Waals surface area contributed by atoms with Crippen molar-refractivity contribution in [3.05, 3.63) is 0 Å². The molecule has 2 fully saturated rings. The Balaban J connectivity index is 1.87. The number of aliphatic imine (C=N–C) groups is 1. The van der Waals surface area contributed by atoms with Crippen LogP contribution in [0.3, 0.4) is 0 Å². The summed E-state index contributed by atoms with van der Waals surface area (Å²) in [4.78, 5) is 6.76. The van der Waals surface area contributed by atoms with Gasteiger partial charge in [-0.05, 0) is 32.6 Å². The van der Waals surface area contributed by atoms with E-state index >= 15 is 0 Å². The van der Waals surface area contributed by atoms with E-state index in [1.807, 2.05) is 6.92 Å². The minimum Gasteiger partial charge on any atom is -0.390 e. The molecule has 0 atom stereocenters. The highest BCUT2D eigenvalue weighted by molar-refractivity contribution is 5.78. The first kappa shape index (κ1) is 12.7. The predicted octanol–water partition coefficient (Wildman–Crippen LogP) is 1.48. The maximum absolute atomic E-state index is 9.89. The van der Waals surface area contributed by atoms with E-state index in [4.69, 9.17) is 5.73 Å². The van der Waals surface area contributed by atoms with Gasteiger partial charge in [0.15, 0.2) is 5.96 Å². The van der Waals surface area contributed by atoms with E-state index in [0.29, 0.717) is 12.0 Å². The Morgan fingerprint density at radius 2 is 1.82 bits per heavy atom. The molecule has 0 aromatic heterocycles. The summed E-state index contributed by atoms with van der Waals surface area (Å²) in [5.41, 5.74) is 5.55. The van der Waals surface area contributed by atoms with Gasteiger partial charge in [0.25, 0.3) is 0 Å². The number of nitrogens with two attached hydrogens (primary N) is 1. The fraction of sp³-hybridized carbons (Fsp3) is 0.923. The molecule has 1 aliphatic carbocycles. The van der Waals surface area contributed by atoms with Gasteiger partial charge in [0.1, 0.15) is 0 Å². The second-order valence-electron chi connectivity index (χ2n) is 5.76. The molecular formula is C13H25N3O. The van der Waals surface area contributed by atoms with Crippen LogP contribution in [0.2, 0.25) is 0 Å². The average Bonchev–Trinajstić information content (AvgIpc) is 2.30. The smallest absolute Gasteiger partial charge is 0.191 e. The Kier molecular flexibility index (Phi) is 3.92. The quantitative estimate of drug-likeness (QED) is 0.538. The van der Waals surface area contributed by atoms with Crippen molar-refractivity contribution in [3.63, 3.8) is 0 Å². The third-order valence-corrected chi connectivity index (χ3v) is 4.05. The van der Waals surface area contributed by atoms with Crippen LogP contribution in [0.4, 0.5) is 0 Å². The van der Waals surface area contributed by atoms with Crippen molar-refractivity contribution in [1.82, 2.24) is 4.90 Å². The summed E-state index contributed by atoms with van der Waals surface area (Å²) in [5, 5.41) is 9.89. The molecule has 0 aromatic carbocycles. The molecule has 0 unspecified atom stereocenters. The molecule has 17 heavy (non-hydrogen) atoms. The molecule has 98 valence electrons. The highest BCUT2D eigenvalue weighted by Crippen LogP contribution is 2.23. The van der Waals surface area contributed by atoms with Crippen LogP contribution in [0.25, 0.3) is 0 Å². The van der Waals surface area contributed by atoms with Gasteiger partial charge in [-0.25, -0.2) is 4.99 Å². The van der Waals surface area contributed by atoms with Gasteiger partial charge in [-0.15, -0.1) is 0 Å². The normalized spacial score (nSPS) is 27.2. The van der Waals surface area contributed by atoms with Gasteiger partial charge >= 0.3 is 0 Å². The van der Waals surface area contributed by atoms with Crippen LogP contribution in [-0.4, -0.2) is 40.7 Å². The summed E-state index contributed by atoms with van der Waals surface area (Å²) >= 11 is 0. The summed E-state index contributed by atoms with van der Waals surface area (Å²) in [6.07, 6.45) is 7.87. The summed E-state index contributed by atoms with van der Waals surface area (Å²) in [6.45, 7) is 3.56. The number of guanidine groups is 1. The first-order chi connectivity index (χ1) is 8.07. The molecule has 0 bridgehead atoms. The third kappa shape index (κ3) is 3.60. The minimum atomic E-state index is -0.512. The molecular weight excluding hydrogens is 214 g/mol. The van der Waals surface area contributed by atoms with Crippen LogP contribution in [-0.2, 0) is 0 Å². The maximum atomic E-state index is 9.89. The summed E-state index contributed by atoms with van der Waals surface area (Å²) in [5.74, 6) is 0.687. The monoisotopic (exact) mass is 239 g/mol. The van der Waals surface area contributed by atoms with Crippen LogP contribution in [0.1, 0.15) is 51.9 Å². The van der Waals surface area contributed by atoms with E-state index < -0.39 is 5.60 Å². The molecule has 0 radical (unpaired) electrons. The van der Waals surface area contributed by atoms with Crippen molar-refractivity contribution in [2.75, 3.05) is 13.1 Å². The Labute approximate surface area is 104 Å². The summed E-state index contributed by atoms with van der Waals surface area (Å²) in [6, 6.07) is 0.436. The standard InChI is InChI=1S/C13H25N3O/c1-13(17)7-9-16(10-8-13)12(14)15-11-5-3-2-4-6-11/h11,17H,2-10H2,1H3,(H2,14,15). The lowest BCUT2D eigenvalue weighted by Gasteiger charge is -2.36. The van der Waals surface area contributed by atoms with Gasteiger partial charge in [-0.2, -0.15) is 0 Å². The molecule has 0 amide bonds. The van der Waals surface area contributed by atoms with Crippen molar-refractivity contribution in [1.29, 1.82) is 0 Å². The molecule has 2 aliphatic rings. The van der Waals surface area contributed by atoms with Crippen molar-refractivity contribution < 1.29 is 5.11 Å². The summed E-state index contributed by atoms with van der Waals surface area (Å²) < 4.78 is 0. The van der Waals surface area contributed by atoms with E-state index in [1.54, 1.807) is 0 Å². The zero-order valence-electron chi connectivity index (χ0n) is 10.9. The topological polar surface area (TPSA) is 61.8 Å². The molecule has 0 aromatic rings. The molecule has 1 aliphatic heterocycles. The number of piperidine rings is 1. The SMILES string of the molecule is CC1(O)CCN(C(N)=NC2CCCCC2)CC1. The number of hydrogen-bond donors (Lipinski definition) is 2. The van der Waals surface area contributed by atoms with Gasteiger partial charge in [0, 0.05) is 13.1 Å². The third-order valence-electron chi connectivity index (χ3n) is 4.05. The number of hydrogen-bond acceptors (Lipinski definition) is 2. The molecule has 1 saturated heterocycles. The molecule has 1 heterocycles. The van der Waals surface area contributed by atoms with Crippen LogP contribution < -0.4 is 5.73 Å². The van der Waals surface area contributed by atoms with Crippen LogP contribution in [0.15, 0.2) is 4.99 Å². The molecule has 4 heteroatoms. The lowest BCUT2D eigenvalue weighted by molar-refractivity contribution is 0.00958. The van der Waals surface area contributed by atoms with E-state index in [0.717, 1.165) is 25.9 Å². The van der Waals surface area contributed by atoms with Gasteiger partial charge in [0.2, 0.25) is 0 Å². The Morgan fingerprint density at radius 1 is 1.24 bits per heavy atom. The molecule has 0 spiro atoms. The van der Waals surface area contributed by atoms with Crippen molar-refractivity contribution in [2.45, 2.75) is 63.5 Å². The maximum Gasteiger partial charge on any atom is 0.191 e. The number of likely N-dealkylation sites (tertiary alicyclic amines) is 1. The van der Waals surface area contributed by atoms with Gasteiger partial charge in [-0.3, -0.25) is 0 Å². The van der Waals surface area contributed by atoms with Gasteiger partial charge in [-0.1, -0.05) is 19.3 Å². The first-order valence-corrected chi connectivity index (χ1v) is 6.87. The number of nitrogens with zero attached hydrogens (tertiary/aromatic N) is 2. The zero-order chi connectivity index (χ0) is 12.3. The predicted molar refractivity (Wildman–Crippen MR) is 69.9 cm³/mol. The second-order valence-corrected chi connectivity index (χ2v) is 5.76. The molecule has 3 N–H and O–H groups in total. The summed E-state index contributed by atoms with van der Waals surface area (Å²) in [7, 11) is 0. The van der Waals surface area contributed by atoms with Gasteiger partial charge in [0.05, 0.1) is 11.6 Å². The van der Waals surface area contributed by atoms with Crippen molar-refractivity contribution >= 4 is 5.96 Å². The lowest BCUT2D eigenvalue weighted by atomic mass is 9.94. The largest absolute Gasteiger partial charge is 0.390 e. The zero-order valence-corrected chi connectivity index (χ0v) is 10.9. The van der Waals surface area contributed by atoms with E-state index in [-0.39, 0.29) is 0 Å². The Bertz CT molecular complexity index is 272. The molecule has 4 nitrogen and oxygen atoms in total. The fourth-order valence-corrected chi connectivity index (χ4v) is 2.70. The Morgan fingerprint density at radius 3 is 2.41 bits per heavy atom. The van der Waals surface area contributed by atoms with Crippen molar-refractivity contribution in [2.24, 2.45) is 10.7 Å². The molecule has 2 rings (SSSR count). The van der Waals surface area contributed by atoms with Gasteiger partial charge < -0.3 is 15.7 Å². The van der Waals surface area contributed by atoms with E-state index in [9.17, 15) is 5.11 Å². The highest BCUT2D eigenvalue weighted by Gasteiger charge is 2.28. The Hall–Kier alpha value is -0.770. The van der Waals surface area contributed by atoms with E-state index in [1.165, 1.54) is 32.1 Å². The fourth-order valence-electron chi connectivity index (χ4n) is 2.70. The first-order valence-electron chi connectivity index (χ1n) is 6.87. The number of rotatable bonds is 1. The van der Waals surface area contributed by atoms with Crippen LogP contribution in [0.5, 0.6) is 0 Å². The minimum absolute atomic E-state index is 0.436. The highest BCUT2D eigenvalue weighted by atomic mass is 16.3. The second kappa shape index (κ2) is 5.25. The molecule has 1 saturated carbocycles. The number of aliphatic hydroxyl groups is 1.